The van der Waals surface area contributed by atoms with E-state index in [1.54, 1.807) is 11.3 Å². The second kappa shape index (κ2) is 2.98. The van der Waals surface area contributed by atoms with E-state index in [1.807, 2.05) is 6.20 Å². The molecule has 0 N–H and O–H groups in total. The number of rotatable bonds is 1. The molecule has 1 atom stereocenters. The van der Waals surface area contributed by atoms with E-state index in [0.29, 0.717) is 4.47 Å². The predicted molar refractivity (Wildman–Crippen MR) is 49.9 cm³/mol. The van der Waals surface area contributed by atoms with Crippen molar-refractivity contribution >= 4 is 22.9 Å². The number of halogens is 1. The van der Waals surface area contributed by atoms with Crippen molar-refractivity contribution in [3.63, 3.8) is 0 Å². The van der Waals surface area contributed by atoms with Gasteiger partial charge in [-0.25, -0.2) is 4.98 Å². The van der Waals surface area contributed by atoms with Crippen LogP contribution < -0.4 is 0 Å². The second-order valence-corrected chi connectivity index (χ2v) is 4.95. The van der Waals surface area contributed by atoms with Crippen LogP contribution in [0.15, 0.2) is 6.20 Å². The average molecular weight is 204 g/mol. The highest BCUT2D eigenvalue weighted by atomic mass is 35.5. The molecule has 4 heteroatoms. The maximum atomic E-state index is 5.77. The Bertz CT molecular complexity index is 280. The van der Waals surface area contributed by atoms with E-state index in [-0.39, 0.29) is 5.41 Å². The largest absolute Gasteiger partial charge is 0.380 e. The molecule has 0 bridgehead atoms. The van der Waals surface area contributed by atoms with Crippen LogP contribution in [-0.2, 0) is 10.2 Å². The number of thiazole rings is 1. The van der Waals surface area contributed by atoms with Crippen molar-refractivity contribution in [2.75, 3.05) is 13.2 Å². The molecule has 0 spiro atoms. The first-order chi connectivity index (χ1) is 5.71. The third kappa shape index (κ3) is 1.37. The first-order valence-electron chi connectivity index (χ1n) is 3.90. The van der Waals surface area contributed by atoms with Crippen molar-refractivity contribution in [1.29, 1.82) is 0 Å². The molecule has 1 unspecified atom stereocenters. The van der Waals surface area contributed by atoms with Crippen LogP contribution in [0, 0.1) is 0 Å². The average Bonchev–Trinajstić information content (AvgIpc) is 2.59. The van der Waals surface area contributed by atoms with Crippen LogP contribution in [0.25, 0.3) is 0 Å². The van der Waals surface area contributed by atoms with Crippen LogP contribution in [0.3, 0.4) is 0 Å². The first kappa shape index (κ1) is 8.48. The summed E-state index contributed by atoms with van der Waals surface area (Å²) < 4.78 is 5.98. The smallest absolute Gasteiger partial charge is 0.183 e. The molecule has 0 radical (unpaired) electrons. The quantitative estimate of drug-likeness (QED) is 0.700. The third-order valence-corrected chi connectivity index (χ3v) is 3.71. The summed E-state index contributed by atoms with van der Waals surface area (Å²) in [6.45, 7) is 3.85. The molecule has 1 aliphatic heterocycles. The summed E-state index contributed by atoms with van der Waals surface area (Å²) in [5.74, 6) is 0. The molecule has 0 amide bonds. The molecule has 1 aromatic heterocycles. The highest BCUT2D eigenvalue weighted by Crippen LogP contribution is 2.36. The molecule has 1 fully saturated rings. The normalized spacial score (nSPS) is 29.5. The summed E-state index contributed by atoms with van der Waals surface area (Å²) in [4.78, 5) is 5.28. The van der Waals surface area contributed by atoms with Gasteiger partial charge in [0.1, 0.15) is 0 Å². The molecule has 2 heterocycles. The molecule has 12 heavy (non-hydrogen) atoms. The molecule has 1 aliphatic rings. The predicted octanol–water partition coefficient (Wildman–Crippen LogP) is 2.47. The molecule has 2 rings (SSSR count). The summed E-state index contributed by atoms with van der Waals surface area (Å²) in [5, 5.41) is 0. The zero-order valence-corrected chi connectivity index (χ0v) is 8.41. The monoisotopic (exact) mass is 203 g/mol. The second-order valence-electron chi connectivity index (χ2n) is 3.34. The molecular formula is C8H10ClNOS. The van der Waals surface area contributed by atoms with Crippen LogP contribution in [0.5, 0.6) is 0 Å². The third-order valence-electron chi connectivity index (χ3n) is 2.29. The molecule has 2 nitrogen and oxygen atoms in total. The first-order valence-corrected chi connectivity index (χ1v) is 5.10. The van der Waals surface area contributed by atoms with Gasteiger partial charge in [-0.1, -0.05) is 18.5 Å². The van der Waals surface area contributed by atoms with Crippen molar-refractivity contribution in [1.82, 2.24) is 4.98 Å². The van der Waals surface area contributed by atoms with Gasteiger partial charge in [0.2, 0.25) is 0 Å². The van der Waals surface area contributed by atoms with Gasteiger partial charge >= 0.3 is 0 Å². The molecular weight excluding hydrogens is 194 g/mol. The van der Waals surface area contributed by atoms with E-state index in [4.69, 9.17) is 16.3 Å². The van der Waals surface area contributed by atoms with E-state index in [1.165, 1.54) is 4.88 Å². The maximum Gasteiger partial charge on any atom is 0.183 e. The van der Waals surface area contributed by atoms with Gasteiger partial charge < -0.3 is 4.74 Å². The van der Waals surface area contributed by atoms with Crippen LogP contribution >= 0.6 is 22.9 Å². The fourth-order valence-electron chi connectivity index (χ4n) is 1.39. The highest BCUT2D eigenvalue weighted by Gasteiger charge is 2.33. The topological polar surface area (TPSA) is 22.1 Å². The van der Waals surface area contributed by atoms with Crippen LogP contribution in [0.1, 0.15) is 18.2 Å². The Morgan fingerprint density at radius 2 is 2.58 bits per heavy atom. The standard InChI is InChI=1S/C8H10ClNOS/c1-8(2-3-11-5-8)6-4-10-7(9)12-6/h4H,2-3,5H2,1H3. The molecule has 66 valence electrons. The van der Waals surface area contributed by atoms with E-state index in [0.717, 1.165) is 19.6 Å². The lowest BCUT2D eigenvalue weighted by atomic mass is 9.89. The zero-order chi connectivity index (χ0) is 8.60. The van der Waals surface area contributed by atoms with Crippen LogP contribution in [-0.4, -0.2) is 18.2 Å². The summed E-state index contributed by atoms with van der Waals surface area (Å²) in [6.07, 6.45) is 2.94. The minimum Gasteiger partial charge on any atom is -0.380 e. The van der Waals surface area contributed by atoms with Gasteiger partial charge in [0, 0.05) is 23.1 Å². The Morgan fingerprint density at radius 1 is 1.75 bits per heavy atom. The van der Waals surface area contributed by atoms with Gasteiger partial charge in [0.05, 0.1) is 6.61 Å². The van der Waals surface area contributed by atoms with Crippen molar-refractivity contribution in [2.24, 2.45) is 0 Å². The van der Waals surface area contributed by atoms with E-state index >= 15 is 0 Å². The molecule has 0 aromatic carbocycles. The van der Waals surface area contributed by atoms with Crippen molar-refractivity contribution in [2.45, 2.75) is 18.8 Å². The fraction of sp³-hybridized carbons (Fsp3) is 0.625. The molecule has 1 aromatic rings. The summed E-state index contributed by atoms with van der Waals surface area (Å²) in [5.41, 5.74) is 0.158. The Labute approximate surface area is 80.5 Å². The van der Waals surface area contributed by atoms with Crippen LogP contribution in [0.4, 0.5) is 0 Å². The van der Waals surface area contributed by atoms with Gasteiger partial charge in [-0.05, 0) is 6.42 Å². The van der Waals surface area contributed by atoms with Gasteiger partial charge in [-0.15, -0.1) is 11.3 Å². The van der Waals surface area contributed by atoms with Gasteiger partial charge in [0.15, 0.2) is 4.47 Å². The Balaban J connectivity index is 2.28. The van der Waals surface area contributed by atoms with Crippen LogP contribution in [0.2, 0.25) is 4.47 Å². The SMILES string of the molecule is CC1(c2cnc(Cl)s2)CCOC1. The zero-order valence-electron chi connectivity index (χ0n) is 6.84. The highest BCUT2D eigenvalue weighted by molar-refractivity contribution is 7.15. The Kier molecular flexibility index (Phi) is 2.10. The Morgan fingerprint density at radius 3 is 3.08 bits per heavy atom. The number of hydrogen-bond donors (Lipinski definition) is 0. The summed E-state index contributed by atoms with van der Waals surface area (Å²) >= 11 is 7.33. The minimum atomic E-state index is 0.158. The minimum absolute atomic E-state index is 0.158. The van der Waals surface area contributed by atoms with E-state index < -0.39 is 0 Å². The number of nitrogens with zero attached hydrogens (tertiary/aromatic N) is 1. The van der Waals surface area contributed by atoms with Gasteiger partial charge in [-0.2, -0.15) is 0 Å². The number of aromatic nitrogens is 1. The molecule has 0 aliphatic carbocycles. The summed E-state index contributed by atoms with van der Waals surface area (Å²) in [7, 11) is 0. The fourth-order valence-corrected chi connectivity index (χ4v) is 2.49. The van der Waals surface area contributed by atoms with Crippen molar-refractivity contribution in [3.8, 4) is 0 Å². The van der Waals surface area contributed by atoms with Gasteiger partial charge in [-0.3, -0.25) is 0 Å². The van der Waals surface area contributed by atoms with Gasteiger partial charge in [0.25, 0.3) is 0 Å². The Hall–Kier alpha value is -0.120. The van der Waals surface area contributed by atoms with Crippen molar-refractivity contribution in [3.05, 3.63) is 15.5 Å². The maximum absolute atomic E-state index is 5.77. The number of hydrogen-bond acceptors (Lipinski definition) is 3. The lowest BCUT2D eigenvalue weighted by molar-refractivity contribution is 0.181. The number of ether oxygens (including phenoxy) is 1. The lowest BCUT2D eigenvalue weighted by Crippen LogP contribution is -2.19. The molecule has 0 saturated carbocycles. The van der Waals surface area contributed by atoms with Crippen molar-refractivity contribution < 1.29 is 4.74 Å². The lowest BCUT2D eigenvalue weighted by Gasteiger charge is -2.18. The van der Waals surface area contributed by atoms with E-state index in [9.17, 15) is 0 Å². The van der Waals surface area contributed by atoms with E-state index in [2.05, 4.69) is 11.9 Å². The summed E-state index contributed by atoms with van der Waals surface area (Å²) in [6, 6.07) is 0. The molecule has 1 saturated heterocycles.